The van der Waals surface area contributed by atoms with Crippen LogP contribution < -0.4 is 15.5 Å². The van der Waals surface area contributed by atoms with E-state index < -0.39 is 0 Å². The summed E-state index contributed by atoms with van der Waals surface area (Å²) >= 11 is 0. The lowest BCUT2D eigenvalue weighted by atomic mass is 10.1. The number of anilines is 4. The van der Waals surface area contributed by atoms with E-state index in [1.54, 1.807) is 0 Å². The highest BCUT2D eigenvalue weighted by Gasteiger charge is 2.14. The monoisotopic (exact) mass is 440 g/mol. The number of aromatic amines is 1. The molecule has 1 aliphatic rings. The van der Waals surface area contributed by atoms with Crippen molar-refractivity contribution in [2.24, 2.45) is 0 Å². The first-order valence-electron chi connectivity index (χ1n) is 11.5. The van der Waals surface area contributed by atoms with Crippen LogP contribution in [0.25, 0.3) is 10.9 Å². The molecule has 7 nitrogen and oxygen atoms in total. The van der Waals surface area contributed by atoms with E-state index in [0.29, 0.717) is 12.4 Å². The predicted molar refractivity (Wildman–Crippen MR) is 133 cm³/mol. The quantitative estimate of drug-likeness (QED) is 0.385. The van der Waals surface area contributed by atoms with E-state index in [0.717, 1.165) is 52.4 Å². The number of hydrogen-bond acceptors (Lipinski definition) is 5. The molecule has 0 spiro atoms. The smallest absolute Gasteiger partial charge is 0.229 e. The van der Waals surface area contributed by atoms with Gasteiger partial charge in [0.1, 0.15) is 5.82 Å². The Kier molecular flexibility index (Phi) is 5.93. The zero-order valence-corrected chi connectivity index (χ0v) is 18.8. The van der Waals surface area contributed by atoms with Gasteiger partial charge in [0.05, 0.1) is 6.42 Å². The van der Waals surface area contributed by atoms with E-state index in [4.69, 9.17) is 4.98 Å². The van der Waals surface area contributed by atoms with Crippen LogP contribution in [-0.2, 0) is 11.2 Å². The second-order valence-corrected chi connectivity index (χ2v) is 8.53. The molecule has 4 aromatic rings. The van der Waals surface area contributed by atoms with Gasteiger partial charge in [0.2, 0.25) is 11.9 Å². The van der Waals surface area contributed by atoms with Gasteiger partial charge in [0.15, 0.2) is 0 Å². The summed E-state index contributed by atoms with van der Waals surface area (Å²) in [5.41, 5.74) is 4.60. The van der Waals surface area contributed by atoms with Crippen LogP contribution in [0.4, 0.5) is 23.1 Å². The van der Waals surface area contributed by atoms with Gasteiger partial charge in [-0.25, -0.2) is 4.98 Å². The molecule has 0 atom stereocenters. The third-order valence-electron chi connectivity index (χ3n) is 5.97. The van der Waals surface area contributed by atoms with Crippen molar-refractivity contribution >= 4 is 40.0 Å². The lowest BCUT2D eigenvalue weighted by Crippen LogP contribution is -2.30. The molecule has 1 saturated heterocycles. The number of para-hydroxylation sites is 1. The molecule has 7 heteroatoms. The van der Waals surface area contributed by atoms with Crippen LogP contribution in [0, 0.1) is 6.92 Å². The van der Waals surface area contributed by atoms with Gasteiger partial charge in [-0.1, -0.05) is 18.2 Å². The van der Waals surface area contributed by atoms with Crippen LogP contribution in [0.3, 0.4) is 0 Å². The highest BCUT2D eigenvalue weighted by Crippen LogP contribution is 2.23. The number of hydrogen-bond donors (Lipinski definition) is 3. The predicted octanol–water partition coefficient (Wildman–Crippen LogP) is 5.18. The topological polar surface area (TPSA) is 85.9 Å². The van der Waals surface area contributed by atoms with Crippen molar-refractivity contribution in [1.82, 2.24) is 15.0 Å². The minimum atomic E-state index is -0.0475. The van der Waals surface area contributed by atoms with Gasteiger partial charge in [-0.2, -0.15) is 4.98 Å². The summed E-state index contributed by atoms with van der Waals surface area (Å²) in [7, 11) is 0. The molecule has 1 aliphatic heterocycles. The molecule has 1 amide bonds. The second kappa shape index (κ2) is 9.32. The highest BCUT2D eigenvalue weighted by molar-refractivity contribution is 5.95. The standard InChI is InChI=1S/C26H28N6O/c1-18-15-24(32-13-5-2-6-14-32)31-26(28-18)30-21-11-9-20(10-12-21)29-25(33)16-19-17-27-23-8-4-3-7-22(19)23/h3-4,7-12,15,17,27H,2,5-6,13-14,16H2,1H3,(H,29,33)(H,28,30,31). The minimum absolute atomic E-state index is 0.0475. The van der Waals surface area contributed by atoms with Crippen molar-refractivity contribution in [3.05, 3.63) is 72.1 Å². The summed E-state index contributed by atoms with van der Waals surface area (Å²) < 4.78 is 0. The Balaban J connectivity index is 1.22. The van der Waals surface area contributed by atoms with Crippen LogP contribution in [0.15, 0.2) is 60.8 Å². The number of H-pyrrole nitrogens is 1. The molecular weight excluding hydrogens is 412 g/mol. The van der Waals surface area contributed by atoms with Crippen LogP contribution in [0.5, 0.6) is 0 Å². The third-order valence-corrected chi connectivity index (χ3v) is 5.97. The zero-order chi connectivity index (χ0) is 22.6. The van der Waals surface area contributed by atoms with Crippen molar-refractivity contribution in [3.8, 4) is 0 Å². The number of nitrogens with one attached hydrogen (secondary N) is 3. The normalized spacial score (nSPS) is 13.8. The van der Waals surface area contributed by atoms with Gasteiger partial charge < -0.3 is 20.5 Å². The molecule has 0 radical (unpaired) electrons. The number of rotatable bonds is 6. The summed E-state index contributed by atoms with van der Waals surface area (Å²) in [6.45, 7) is 4.08. The van der Waals surface area contributed by atoms with E-state index in [2.05, 4.69) is 25.5 Å². The fourth-order valence-corrected chi connectivity index (χ4v) is 4.31. The Morgan fingerprint density at radius 2 is 1.76 bits per heavy atom. The third kappa shape index (κ3) is 4.98. The molecule has 0 unspecified atom stereocenters. The van der Waals surface area contributed by atoms with E-state index in [1.807, 2.05) is 67.7 Å². The number of fused-ring (bicyclic) bond motifs is 1. The van der Waals surface area contributed by atoms with Gasteiger partial charge in [0, 0.05) is 53.3 Å². The lowest BCUT2D eigenvalue weighted by Gasteiger charge is -2.28. The zero-order valence-electron chi connectivity index (χ0n) is 18.8. The number of benzene rings is 2. The van der Waals surface area contributed by atoms with Gasteiger partial charge in [-0.05, 0) is 62.1 Å². The van der Waals surface area contributed by atoms with Crippen LogP contribution >= 0.6 is 0 Å². The molecule has 0 saturated carbocycles. The maximum Gasteiger partial charge on any atom is 0.229 e. The van der Waals surface area contributed by atoms with Gasteiger partial charge >= 0.3 is 0 Å². The molecule has 3 N–H and O–H groups in total. The van der Waals surface area contributed by atoms with Crippen LogP contribution in [0.1, 0.15) is 30.5 Å². The maximum atomic E-state index is 12.6. The maximum absolute atomic E-state index is 12.6. The Bertz CT molecular complexity index is 1260. The lowest BCUT2D eigenvalue weighted by molar-refractivity contribution is -0.115. The molecule has 5 rings (SSSR count). The molecule has 1 fully saturated rings. The SMILES string of the molecule is Cc1cc(N2CCCCC2)nc(Nc2ccc(NC(=O)Cc3c[nH]c4ccccc34)cc2)n1. The highest BCUT2D eigenvalue weighted by atomic mass is 16.1. The summed E-state index contributed by atoms with van der Waals surface area (Å²) in [6, 6.07) is 17.7. The Morgan fingerprint density at radius 1 is 1.00 bits per heavy atom. The first kappa shape index (κ1) is 21.0. The van der Waals surface area contributed by atoms with E-state index in [-0.39, 0.29) is 5.91 Å². The number of aromatic nitrogens is 3. The van der Waals surface area contributed by atoms with Crippen LogP contribution in [0.2, 0.25) is 0 Å². The molecule has 2 aromatic heterocycles. The number of carbonyl (C=O) groups is 1. The average Bonchev–Trinajstić information content (AvgIpc) is 3.23. The first-order chi connectivity index (χ1) is 16.1. The largest absolute Gasteiger partial charge is 0.361 e. The van der Waals surface area contributed by atoms with Crippen molar-refractivity contribution < 1.29 is 4.79 Å². The molecule has 168 valence electrons. The van der Waals surface area contributed by atoms with Crippen molar-refractivity contribution in [1.29, 1.82) is 0 Å². The van der Waals surface area contributed by atoms with E-state index >= 15 is 0 Å². The Labute approximate surface area is 193 Å². The van der Waals surface area contributed by atoms with Gasteiger partial charge in [0.25, 0.3) is 0 Å². The van der Waals surface area contributed by atoms with Crippen molar-refractivity contribution in [2.45, 2.75) is 32.6 Å². The van der Waals surface area contributed by atoms with E-state index in [9.17, 15) is 4.79 Å². The van der Waals surface area contributed by atoms with Gasteiger partial charge in [-0.15, -0.1) is 0 Å². The first-order valence-corrected chi connectivity index (χ1v) is 11.5. The summed E-state index contributed by atoms with van der Waals surface area (Å²) in [5, 5.41) is 7.35. The molecule has 3 heterocycles. The Morgan fingerprint density at radius 3 is 2.58 bits per heavy atom. The minimum Gasteiger partial charge on any atom is -0.361 e. The summed E-state index contributed by atoms with van der Waals surface area (Å²) in [5.74, 6) is 1.52. The van der Waals surface area contributed by atoms with Crippen LogP contribution in [-0.4, -0.2) is 33.9 Å². The van der Waals surface area contributed by atoms with Gasteiger partial charge in [-0.3, -0.25) is 4.79 Å². The molecule has 0 bridgehead atoms. The number of piperidine rings is 1. The van der Waals surface area contributed by atoms with Crippen molar-refractivity contribution in [2.75, 3.05) is 28.6 Å². The van der Waals surface area contributed by atoms with E-state index in [1.165, 1.54) is 19.3 Å². The number of carbonyl (C=O) groups excluding carboxylic acids is 1. The number of aryl methyl sites for hydroxylation is 1. The Hall–Kier alpha value is -3.87. The number of amides is 1. The molecule has 33 heavy (non-hydrogen) atoms. The summed E-state index contributed by atoms with van der Waals surface area (Å²) in [6.07, 6.45) is 5.92. The fraction of sp³-hybridized carbons (Fsp3) is 0.269. The molecule has 0 aliphatic carbocycles. The van der Waals surface area contributed by atoms with Crippen molar-refractivity contribution in [3.63, 3.8) is 0 Å². The fourth-order valence-electron chi connectivity index (χ4n) is 4.31. The average molecular weight is 441 g/mol. The second-order valence-electron chi connectivity index (χ2n) is 8.53. The molecule has 2 aromatic carbocycles. The number of nitrogens with zero attached hydrogens (tertiary/aromatic N) is 3. The molecular formula is C26H28N6O. The summed E-state index contributed by atoms with van der Waals surface area (Å²) in [4.78, 5) is 27.4.